The first-order valence-corrected chi connectivity index (χ1v) is 43.1. The fourth-order valence-corrected chi connectivity index (χ4v) is 13.7. The summed E-state index contributed by atoms with van der Waals surface area (Å²) in [7, 11) is 0. The maximum absolute atomic E-state index is 13.4. The third-order valence-corrected chi connectivity index (χ3v) is 20.4. The number of aliphatic hydroxyl groups is 8. The number of hydrogen-bond donors (Lipinski definition) is 9. The van der Waals surface area contributed by atoms with Crippen molar-refractivity contribution in [3.63, 3.8) is 0 Å². The van der Waals surface area contributed by atoms with E-state index in [4.69, 9.17) is 18.9 Å². The molecule has 0 aromatic carbocycles. The second-order valence-electron chi connectivity index (χ2n) is 29.9. The smallest absolute Gasteiger partial charge is 0.220 e. The van der Waals surface area contributed by atoms with Gasteiger partial charge in [-0.1, -0.05) is 367 Å². The summed E-state index contributed by atoms with van der Waals surface area (Å²) in [4.78, 5) is 13.4. The van der Waals surface area contributed by atoms with Gasteiger partial charge in [-0.25, -0.2) is 0 Å². The second-order valence-corrected chi connectivity index (χ2v) is 29.9. The van der Waals surface area contributed by atoms with Crippen molar-refractivity contribution in [3.8, 4) is 0 Å². The fourth-order valence-electron chi connectivity index (χ4n) is 13.7. The Labute approximate surface area is 636 Å². The van der Waals surface area contributed by atoms with Crippen LogP contribution in [0.15, 0.2) is 109 Å². The molecule has 9 N–H and O–H groups in total. The molecule has 12 atom stereocenters. The van der Waals surface area contributed by atoms with Crippen LogP contribution in [0.2, 0.25) is 0 Å². The Morgan fingerprint density at radius 2 is 0.673 bits per heavy atom. The Kier molecular flexibility index (Phi) is 67.4. The van der Waals surface area contributed by atoms with E-state index in [0.717, 1.165) is 83.5 Å². The highest BCUT2D eigenvalue weighted by atomic mass is 16.7. The van der Waals surface area contributed by atoms with Crippen LogP contribution in [-0.4, -0.2) is 140 Å². The molecular weight excluding hydrogens is 1300 g/mol. The van der Waals surface area contributed by atoms with Crippen molar-refractivity contribution in [1.29, 1.82) is 0 Å². The lowest BCUT2D eigenvalue weighted by atomic mass is 9.97. The number of ether oxygens (including phenoxy) is 4. The highest BCUT2D eigenvalue weighted by molar-refractivity contribution is 5.76. The molecule has 0 aromatic rings. The minimum absolute atomic E-state index is 0.251. The Morgan fingerprint density at radius 3 is 1.06 bits per heavy atom. The van der Waals surface area contributed by atoms with Gasteiger partial charge in [-0.3, -0.25) is 4.79 Å². The molecule has 602 valence electrons. The van der Waals surface area contributed by atoms with Crippen LogP contribution < -0.4 is 5.32 Å². The molecule has 14 heteroatoms. The first kappa shape index (κ1) is 96.7. The molecule has 0 bridgehead atoms. The topological polar surface area (TPSA) is 228 Å². The monoisotopic (exact) mass is 1460 g/mol. The summed E-state index contributed by atoms with van der Waals surface area (Å²) in [6, 6.07) is -0.945. The second kappa shape index (κ2) is 72.5. The molecule has 12 unspecified atom stereocenters. The molecule has 2 aliphatic rings. The number of carbonyl (C=O) groups excluding carboxylic acids is 1. The molecule has 2 heterocycles. The molecular formula is C90H159NO13. The normalized spacial score (nSPS) is 22.0. The number of rotatable bonds is 72. The summed E-state index contributed by atoms with van der Waals surface area (Å²) in [5.41, 5.74) is 0. The lowest BCUT2D eigenvalue weighted by Gasteiger charge is -2.46. The number of allylic oxidation sites excluding steroid dienone is 17. The summed E-state index contributed by atoms with van der Waals surface area (Å²) < 4.78 is 22.9. The van der Waals surface area contributed by atoms with Crippen LogP contribution in [0, 0.1) is 0 Å². The zero-order valence-electron chi connectivity index (χ0n) is 66.2. The number of hydrogen-bond acceptors (Lipinski definition) is 13. The average Bonchev–Trinajstić information content (AvgIpc) is 0.790. The molecule has 2 fully saturated rings. The van der Waals surface area contributed by atoms with Crippen molar-refractivity contribution in [3.05, 3.63) is 109 Å². The molecule has 0 saturated carbocycles. The van der Waals surface area contributed by atoms with Gasteiger partial charge in [0.15, 0.2) is 12.6 Å². The van der Waals surface area contributed by atoms with Crippen LogP contribution in [0.25, 0.3) is 0 Å². The van der Waals surface area contributed by atoms with Crippen LogP contribution >= 0.6 is 0 Å². The first-order valence-electron chi connectivity index (χ1n) is 43.1. The number of aliphatic hydroxyl groups excluding tert-OH is 8. The molecule has 2 aliphatic heterocycles. The van der Waals surface area contributed by atoms with Crippen molar-refractivity contribution >= 4 is 5.91 Å². The molecule has 0 aromatic heterocycles. The van der Waals surface area contributed by atoms with Crippen LogP contribution in [0.3, 0.4) is 0 Å². The van der Waals surface area contributed by atoms with E-state index in [9.17, 15) is 45.6 Å². The minimum atomic E-state index is -1.80. The van der Waals surface area contributed by atoms with Gasteiger partial charge >= 0.3 is 0 Å². The lowest BCUT2D eigenvalue weighted by molar-refractivity contribution is -0.359. The Bertz CT molecular complexity index is 2170. The third-order valence-electron chi connectivity index (χ3n) is 20.4. The predicted octanol–water partition coefficient (Wildman–Crippen LogP) is 20.6. The Balaban J connectivity index is 1.61. The van der Waals surface area contributed by atoms with Crippen LogP contribution in [0.5, 0.6) is 0 Å². The van der Waals surface area contributed by atoms with E-state index >= 15 is 0 Å². The fraction of sp³-hybridized carbons (Fsp3) is 0.789. The van der Waals surface area contributed by atoms with Crippen molar-refractivity contribution in [2.45, 2.75) is 434 Å². The predicted molar refractivity (Wildman–Crippen MR) is 433 cm³/mol. The van der Waals surface area contributed by atoms with Gasteiger partial charge in [-0.05, 0) is 96.3 Å². The number of amides is 1. The molecule has 2 saturated heterocycles. The highest BCUT2D eigenvalue weighted by Gasteiger charge is 2.51. The average molecular weight is 1460 g/mol. The number of carbonyl (C=O) groups is 1. The van der Waals surface area contributed by atoms with Gasteiger partial charge in [0.1, 0.15) is 48.8 Å². The van der Waals surface area contributed by atoms with Gasteiger partial charge in [0.25, 0.3) is 0 Å². The van der Waals surface area contributed by atoms with E-state index in [1.54, 1.807) is 6.08 Å². The van der Waals surface area contributed by atoms with Crippen LogP contribution in [0.4, 0.5) is 0 Å². The van der Waals surface area contributed by atoms with E-state index in [2.05, 4.69) is 116 Å². The quantitative estimate of drug-likeness (QED) is 0.0204. The van der Waals surface area contributed by atoms with Crippen molar-refractivity contribution in [2.75, 3.05) is 19.8 Å². The minimum Gasteiger partial charge on any atom is -0.394 e. The van der Waals surface area contributed by atoms with Crippen molar-refractivity contribution in [1.82, 2.24) is 5.32 Å². The zero-order chi connectivity index (χ0) is 75.1. The summed E-state index contributed by atoms with van der Waals surface area (Å²) in [5, 5.41) is 87.8. The van der Waals surface area contributed by atoms with Crippen molar-refractivity contribution in [2.24, 2.45) is 0 Å². The van der Waals surface area contributed by atoms with Crippen LogP contribution in [-0.2, 0) is 23.7 Å². The van der Waals surface area contributed by atoms with Crippen LogP contribution in [0.1, 0.15) is 361 Å². The molecule has 0 radical (unpaired) electrons. The van der Waals surface area contributed by atoms with Gasteiger partial charge in [-0.15, -0.1) is 0 Å². The summed E-state index contributed by atoms with van der Waals surface area (Å²) in [6.07, 6.45) is 89.1. The number of nitrogens with one attached hydrogen (secondary N) is 1. The van der Waals surface area contributed by atoms with E-state index in [-0.39, 0.29) is 18.9 Å². The maximum atomic E-state index is 13.4. The van der Waals surface area contributed by atoms with Gasteiger partial charge < -0.3 is 65.1 Å². The van der Waals surface area contributed by atoms with E-state index in [1.807, 2.05) is 6.08 Å². The summed E-state index contributed by atoms with van der Waals surface area (Å²) in [5.74, 6) is -0.251. The molecule has 1 amide bonds. The molecule has 0 aliphatic carbocycles. The highest BCUT2D eigenvalue weighted by Crippen LogP contribution is 2.30. The Morgan fingerprint density at radius 1 is 0.356 bits per heavy atom. The zero-order valence-corrected chi connectivity index (χ0v) is 66.2. The molecule has 14 nitrogen and oxygen atoms in total. The largest absolute Gasteiger partial charge is 0.394 e. The van der Waals surface area contributed by atoms with Gasteiger partial charge in [0.2, 0.25) is 5.91 Å². The SMILES string of the molecule is CC/C=C\C/C=C\C/C=C\C/C=C\C/C=C\C/C=C\CCCCCCCCCCCCCCCCCCCCC(=O)NC(COC1OC(CO)C(OC2OC(CO)C(O)C(O)C2O)C(O)C1O)C(O)/C=C/CC/C=C/CC/C=C/CCCCCCCCCCCCCCCCCCCCCCCCC. The molecule has 0 spiro atoms. The van der Waals surface area contributed by atoms with E-state index in [1.165, 1.54) is 244 Å². The lowest BCUT2D eigenvalue weighted by Crippen LogP contribution is -2.65. The summed E-state index contributed by atoms with van der Waals surface area (Å²) >= 11 is 0. The molecule has 2 rings (SSSR count). The maximum Gasteiger partial charge on any atom is 0.220 e. The standard InChI is InChI=1S/C90H159NO13/c1-3-5-7-9-11-13-15-17-19-21-23-25-27-29-31-33-35-37-38-39-40-42-44-46-48-50-52-54-56-58-60-62-64-66-68-70-72-74-82(95)91-78(77-101-89-87(100)85(98)88(81(76-93)103-89)104-90-86(99)84(97)83(96)80(75-92)102-90)79(94)73-71-69-67-65-63-61-59-57-55-53-51-49-47-45-43-41-36-34-32-30-28-26-24-22-20-18-16-14-12-10-8-6-4-2/h5,7,11,13,17,19,23,25,29,31,35,37,55,57,63,65,71,73,78-81,83-90,92-94,96-100H,3-4,6,8-10,12,14-16,18,20-22,24,26-28,30,32-34,36,38-54,56,58-62,64,66-70,72,74-77H2,1-2H3,(H,91,95)/b7-5-,13-11-,19-17-,25-23-,31-29-,37-35-,57-55+,65-63+,73-71+. The third kappa shape index (κ3) is 54.3. The van der Waals surface area contributed by atoms with E-state index < -0.39 is 86.8 Å². The Hall–Kier alpha value is -3.35. The van der Waals surface area contributed by atoms with E-state index in [0.29, 0.717) is 12.8 Å². The number of unbranched alkanes of at least 4 members (excludes halogenated alkanes) is 43. The van der Waals surface area contributed by atoms with Gasteiger partial charge in [-0.2, -0.15) is 0 Å². The first-order chi connectivity index (χ1) is 51.1. The van der Waals surface area contributed by atoms with Gasteiger partial charge in [0.05, 0.1) is 32.0 Å². The molecule has 104 heavy (non-hydrogen) atoms. The van der Waals surface area contributed by atoms with Crippen molar-refractivity contribution < 1.29 is 64.6 Å². The van der Waals surface area contributed by atoms with Gasteiger partial charge in [0, 0.05) is 6.42 Å². The summed E-state index contributed by atoms with van der Waals surface area (Å²) in [6.45, 7) is 2.71.